The van der Waals surface area contributed by atoms with Crippen molar-refractivity contribution in [2.24, 2.45) is 11.8 Å². The molecule has 2 heterocycles. The first-order valence-corrected chi connectivity index (χ1v) is 8.61. The summed E-state index contributed by atoms with van der Waals surface area (Å²) in [7, 11) is 0. The van der Waals surface area contributed by atoms with Crippen LogP contribution in [0, 0.1) is 11.8 Å². The molecule has 1 aromatic heterocycles. The fourth-order valence-corrected chi connectivity index (χ4v) is 3.90. The van der Waals surface area contributed by atoms with Crippen molar-refractivity contribution in [1.29, 1.82) is 0 Å². The molecule has 1 aromatic rings. The molecule has 2 atom stereocenters. The molecule has 1 saturated heterocycles. The van der Waals surface area contributed by atoms with Gasteiger partial charge in [0.25, 0.3) is 0 Å². The van der Waals surface area contributed by atoms with Gasteiger partial charge in [0, 0.05) is 18.7 Å². The molecule has 0 aromatic carbocycles. The summed E-state index contributed by atoms with van der Waals surface area (Å²) in [5.41, 5.74) is 1.03. The van der Waals surface area contributed by atoms with Gasteiger partial charge in [-0.3, -0.25) is 4.90 Å². The molecule has 0 spiro atoms. The zero-order valence-corrected chi connectivity index (χ0v) is 13.5. The monoisotopic (exact) mass is 291 g/mol. The molecular formula is C17H29N3O. The molecule has 1 aliphatic carbocycles. The molecule has 3 rings (SSSR count). The first kappa shape index (κ1) is 15.0. The third kappa shape index (κ3) is 3.86. The van der Waals surface area contributed by atoms with E-state index in [0.29, 0.717) is 5.92 Å². The maximum absolute atomic E-state index is 5.53. The molecule has 21 heavy (non-hydrogen) atoms. The van der Waals surface area contributed by atoms with Gasteiger partial charge in [-0.05, 0) is 44.2 Å². The van der Waals surface area contributed by atoms with Crippen LogP contribution in [0.5, 0.6) is 0 Å². The smallest absolute Gasteiger partial charge is 0.151 e. The van der Waals surface area contributed by atoms with Crippen LogP contribution in [-0.4, -0.2) is 29.2 Å². The zero-order chi connectivity index (χ0) is 14.7. The number of nitrogens with one attached hydrogen (secondary N) is 1. The highest BCUT2D eigenvalue weighted by molar-refractivity contribution is 5.06. The van der Waals surface area contributed by atoms with Crippen molar-refractivity contribution in [3.8, 4) is 0 Å². The van der Waals surface area contributed by atoms with E-state index in [-0.39, 0.29) is 0 Å². The second kappa shape index (κ2) is 6.93. The number of nitrogens with zero attached hydrogens (tertiary/aromatic N) is 2. The van der Waals surface area contributed by atoms with Crippen molar-refractivity contribution < 1.29 is 4.52 Å². The van der Waals surface area contributed by atoms with Crippen LogP contribution in [0.25, 0.3) is 0 Å². The lowest BCUT2D eigenvalue weighted by Crippen LogP contribution is -2.34. The van der Waals surface area contributed by atoms with E-state index in [0.717, 1.165) is 43.0 Å². The van der Waals surface area contributed by atoms with Crippen molar-refractivity contribution in [3.05, 3.63) is 17.5 Å². The largest absolute Gasteiger partial charge is 0.360 e. The highest BCUT2D eigenvalue weighted by atomic mass is 16.5. The molecule has 1 saturated carbocycles. The zero-order valence-electron chi connectivity index (χ0n) is 13.5. The summed E-state index contributed by atoms with van der Waals surface area (Å²) < 4.78 is 5.53. The lowest BCUT2D eigenvalue weighted by molar-refractivity contribution is 0.161. The fraction of sp³-hybridized carbons (Fsp3) is 0.824. The summed E-state index contributed by atoms with van der Waals surface area (Å²) in [6.45, 7) is 8.45. The van der Waals surface area contributed by atoms with Gasteiger partial charge < -0.3 is 9.84 Å². The minimum absolute atomic E-state index is 0.671. The third-order valence-electron chi connectivity index (χ3n) is 4.95. The lowest BCUT2D eigenvalue weighted by Gasteiger charge is -2.30. The van der Waals surface area contributed by atoms with Gasteiger partial charge >= 0.3 is 0 Å². The predicted molar refractivity (Wildman–Crippen MR) is 83.8 cm³/mol. The minimum Gasteiger partial charge on any atom is -0.360 e. The maximum atomic E-state index is 5.53. The van der Waals surface area contributed by atoms with E-state index in [1.54, 1.807) is 0 Å². The van der Waals surface area contributed by atoms with Crippen molar-refractivity contribution in [2.75, 3.05) is 13.1 Å². The lowest BCUT2D eigenvalue weighted by atomic mass is 9.85. The van der Waals surface area contributed by atoms with E-state index in [9.17, 15) is 0 Å². The average Bonchev–Trinajstić information content (AvgIpc) is 3.07. The van der Waals surface area contributed by atoms with Crippen molar-refractivity contribution in [2.45, 2.75) is 65.1 Å². The van der Waals surface area contributed by atoms with Crippen LogP contribution >= 0.6 is 0 Å². The first-order chi connectivity index (χ1) is 10.2. The Hall–Kier alpha value is -0.870. The van der Waals surface area contributed by atoms with Crippen LogP contribution in [0.4, 0.5) is 0 Å². The number of hydrogen-bond acceptors (Lipinski definition) is 4. The fourth-order valence-electron chi connectivity index (χ4n) is 3.90. The Balaban J connectivity index is 1.50. The summed E-state index contributed by atoms with van der Waals surface area (Å²) in [6.07, 6.45) is 7.02. The summed E-state index contributed by atoms with van der Waals surface area (Å²) in [4.78, 5) is 2.62. The Bertz CT molecular complexity index is 443. The van der Waals surface area contributed by atoms with Crippen molar-refractivity contribution in [3.63, 3.8) is 0 Å². The Morgan fingerprint density at radius 1 is 1.33 bits per heavy atom. The molecule has 2 unspecified atom stereocenters. The molecule has 4 nitrogen and oxygen atoms in total. The molecule has 0 radical (unpaired) electrons. The number of aromatic nitrogens is 1. The summed E-state index contributed by atoms with van der Waals surface area (Å²) in [5.74, 6) is 2.64. The molecule has 4 heteroatoms. The van der Waals surface area contributed by atoms with E-state index in [2.05, 4.69) is 35.3 Å². The van der Waals surface area contributed by atoms with Crippen LogP contribution in [0.3, 0.4) is 0 Å². The topological polar surface area (TPSA) is 41.3 Å². The SMILES string of the molecule is CC(C)CNCc1cc(CN2CCC3CCCCC32)on1. The number of rotatable bonds is 6. The van der Waals surface area contributed by atoms with Crippen LogP contribution in [0.1, 0.15) is 57.4 Å². The maximum Gasteiger partial charge on any atom is 0.151 e. The highest BCUT2D eigenvalue weighted by Crippen LogP contribution is 2.36. The normalized spacial score (nSPS) is 26.4. The van der Waals surface area contributed by atoms with Crippen LogP contribution in [-0.2, 0) is 13.1 Å². The molecule has 2 aliphatic rings. The van der Waals surface area contributed by atoms with Gasteiger partial charge in [-0.25, -0.2) is 0 Å². The quantitative estimate of drug-likeness (QED) is 0.874. The Labute approximate surface area is 128 Å². The van der Waals surface area contributed by atoms with E-state index in [1.807, 2.05) is 0 Å². The Morgan fingerprint density at radius 3 is 3.05 bits per heavy atom. The van der Waals surface area contributed by atoms with Gasteiger partial charge in [0.2, 0.25) is 0 Å². The first-order valence-electron chi connectivity index (χ1n) is 8.61. The van der Waals surface area contributed by atoms with Gasteiger partial charge in [-0.2, -0.15) is 0 Å². The Morgan fingerprint density at radius 2 is 2.19 bits per heavy atom. The standard InChI is InChI=1S/C17H29N3O/c1-13(2)10-18-11-15-9-16(21-19-15)12-20-8-7-14-5-3-4-6-17(14)20/h9,13-14,17-18H,3-8,10-12H2,1-2H3. The van der Waals surface area contributed by atoms with Crippen LogP contribution in [0.15, 0.2) is 10.6 Å². The molecule has 118 valence electrons. The predicted octanol–water partition coefficient (Wildman–Crippen LogP) is 3.18. The average molecular weight is 291 g/mol. The second-order valence-corrected chi connectivity index (χ2v) is 7.18. The third-order valence-corrected chi connectivity index (χ3v) is 4.95. The molecule has 0 amide bonds. The van der Waals surface area contributed by atoms with Gasteiger partial charge in [0.15, 0.2) is 5.76 Å². The van der Waals surface area contributed by atoms with Gasteiger partial charge in [0.05, 0.1) is 12.2 Å². The van der Waals surface area contributed by atoms with Crippen molar-refractivity contribution >= 4 is 0 Å². The summed E-state index contributed by atoms with van der Waals surface area (Å²) in [6, 6.07) is 2.93. The second-order valence-electron chi connectivity index (χ2n) is 7.18. The molecular weight excluding hydrogens is 262 g/mol. The molecule has 1 aliphatic heterocycles. The van der Waals surface area contributed by atoms with E-state index in [4.69, 9.17) is 4.52 Å². The van der Waals surface area contributed by atoms with Crippen molar-refractivity contribution in [1.82, 2.24) is 15.4 Å². The van der Waals surface area contributed by atoms with E-state index < -0.39 is 0 Å². The number of likely N-dealkylation sites (tertiary alicyclic amines) is 1. The number of fused-ring (bicyclic) bond motifs is 1. The van der Waals surface area contributed by atoms with Gasteiger partial charge in [0.1, 0.15) is 0 Å². The van der Waals surface area contributed by atoms with Gasteiger partial charge in [-0.15, -0.1) is 0 Å². The van der Waals surface area contributed by atoms with Crippen LogP contribution in [0.2, 0.25) is 0 Å². The number of hydrogen-bond donors (Lipinski definition) is 1. The van der Waals surface area contributed by atoms with E-state index in [1.165, 1.54) is 38.6 Å². The summed E-state index contributed by atoms with van der Waals surface area (Å²) >= 11 is 0. The highest BCUT2D eigenvalue weighted by Gasteiger charge is 2.35. The van der Waals surface area contributed by atoms with Crippen LogP contribution < -0.4 is 5.32 Å². The molecule has 1 N–H and O–H groups in total. The molecule has 2 fully saturated rings. The minimum atomic E-state index is 0.671. The Kier molecular flexibility index (Phi) is 4.96. The summed E-state index contributed by atoms with van der Waals surface area (Å²) in [5, 5.41) is 7.61. The van der Waals surface area contributed by atoms with Gasteiger partial charge in [-0.1, -0.05) is 31.8 Å². The molecule has 0 bridgehead atoms. The van der Waals surface area contributed by atoms with E-state index >= 15 is 0 Å².